The largest absolute Gasteiger partial charge is 0.393 e. The van der Waals surface area contributed by atoms with Crippen molar-refractivity contribution in [1.82, 2.24) is 4.90 Å². The van der Waals surface area contributed by atoms with Gasteiger partial charge in [0.1, 0.15) is 0 Å². The van der Waals surface area contributed by atoms with Gasteiger partial charge in [-0.15, -0.1) is 0 Å². The quantitative estimate of drug-likeness (QED) is 0.694. The van der Waals surface area contributed by atoms with Crippen molar-refractivity contribution >= 4 is 0 Å². The fraction of sp³-hybridized carbons (Fsp3) is 0.833. The Morgan fingerprint density at radius 3 is 2.79 bits per heavy atom. The highest BCUT2D eigenvalue weighted by atomic mass is 16.3. The third-order valence-corrected chi connectivity index (χ3v) is 3.55. The Morgan fingerprint density at radius 1 is 1.43 bits per heavy atom. The van der Waals surface area contributed by atoms with Gasteiger partial charge < -0.3 is 5.11 Å². The van der Waals surface area contributed by atoms with Gasteiger partial charge in [0.15, 0.2) is 0 Å². The van der Waals surface area contributed by atoms with Gasteiger partial charge in [0, 0.05) is 12.6 Å². The van der Waals surface area contributed by atoms with Crippen molar-refractivity contribution in [3.8, 4) is 0 Å². The van der Waals surface area contributed by atoms with Crippen molar-refractivity contribution in [3.63, 3.8) is 0 Å². The minimum Gasteiger partial charge on any atom is -0.393 e. The molecule has 0 bridgehead atoms. The van der Waals surface area contributed by atoms with E-state index in [0.717, 1.165) is 25.3 Å². The molecule has 0 aromatic carbocycles. The average Bonchev–Trinajstić information content (AvgIpc) is 2.17. The first kappa shape index (κ1) is 10.2. The molecule has 0 heterocycles. The third-order valence-electron chi connectivity index (χ3n) is 3.55. The Morgan fingerprint density at radius 2 is 2.21 bits per heavy atom. The predicted molar refractivity (Wildman–Crippen MR) is 58.1 cm³/mol. The van der Waals surface area contributed by atoms with E-state index in [1.807, 2.05) is 0 Å². The molecule has 1 N–H and O–H groups in total. The molecule has 0 spiro atoms. The number of hydrogen-bond donors (Lipinski definition) is 1. The van der Waals surface area contributed by atoms with Crippen LogP contribution in [0.25, 0.3) is 0 Å². The molecule has 2 aliphatic rings. The minimum atomic E-state index is -0.00435. The second-order valence-corrected chi connectivity index (χ2v) is 4.86. The van der Waals surface area contributed by atoms with Gasteiger partial charge in [-0.3, -0.25) is 4.90 Å². The Hall–Kier alpha value is -0.340. The van der Waals surface area contributed by atoms with Gasteiger partial charge in [0.25, 0.3) is 0 Å². The average molecular weight is 195 g/mol. The normalized spacial score (nSPS) is 37.2. The van der Waals surface area contributed by atoms with E-state index >= 15 is 0 Å². The summed E-state index contributed by atoms with van der Waals surface area (Å²) in [4.78, 5) is 2.45. The Bertz CT molecular complexity index is 208. The van der Waals surface area contributed by atoms with E-state index in [1.54, 1.807) is 0 Å². The number of hydrogen-bond acceptors (Lipinski definition) is 2. The van der Waals surface area contributed by atoms with Crippen LogP contribution in [0.1, 0.15) is 32.1 Å². The van der Waals surface area contributed by atoms with Crippen molar-refractivity contribution in [2.24, 2.45) is 5.92 Å². The molecular weight excluding hydrogens is 174 g/mol. The Kier molecular flexibility index (Phi) is 3.24. The van der Waals surface area contributed by atoms with Crippen LogP contribution in [0.2, 0.25) is 0 Å². The van der Waals surface area contributed by atoms with Gasteiger partial charge >= 0.3 is 0 Å². The SMILES string of the molecule is CN(CC1CC(O)C1)C1C=CCCC1. The second-order valence-electron chi connectivity index (χ2n) is 4.86. The highest BCUT2D eigenvalue weighted by Crippen LogP contribution is 2.28. The van der Waals surface area contributed by atoms with E-state index in [0.29, 0.717) is 6.04 Å². The van der Waals surface area contributed by atoms with E-state index in [-0.39, 0.29) is 6.10 Å². The maximum absolute atomic E-state index is 9.21. The highest BCUT2D eigenvalue weighted by Gasteiger charge is 2.29. The van der Waals surface area contributed by atoms with Gasteiger partial charge in [0.05, 0.1) is 6.10 Å². The number of allylic oxidation sites excluding steroid dienone is 1. The molecule has 1 saturated carbocycles. The van der Waals surface area contributed by atoms with E-state index in [4.69, 9.17) is 0 Å². The first-order chi connectivity index (χ1) is 6.75. The molecule has 1 unspecified atom stereocenters. The topological polar surface area (TPSA) is 23.5 Å². The summed E-state index contributed by atoms with van der Waals surface area (Å²) < 4.78 is 0. The summed E-state index contributed by atoms with van der Waals surface area (Å²) in [7, 11) is 2.21. The van der Waals surface area contributed by atoms with Crippen LogP contribution >= 0.6 is 0 Å². The first-order valence-electron chi connectivity index (χ1n) is 5.80. The summed E-state index contributed by atoms with van der Waals surface area (Å²) in [5, 5.41) is 9.21. The predicted octanol–water partition coefficient (Wildman–Crippen LogP) is 1.80. The summed E-state index contributed by atoms with van der Waals surface area (Å²) in [5.41, 5.74) is 0. The molecule has 0 aromatic rings. The molecule has 0 aliphatic heterocycles. The van der Waals surface area contributed by atoms with Crippen LogP contribution in [-0.2, 0) is 0 Å². The Balaban J connectivity index is 1.74. The molecule has 0 aromatic heterocycles. The zero-order valence-electron chi connectivity index (χ0n) is 9.02. The molecule has 2 rings (SSSR count). The van der Waals surface area contributed by atoms with Gasteiger partial charge in [-0.25, -0.2) is 0 Å². The molecule has 1 fully saturated rings. The number of nitrogens with zero attached hydrogens (tertiary/aromatic N) is 1. The van der Waals surface area contributed by atoms with Crippen molar-refractivity contribution < 1.29 is 5.11 Å². The van der Waals surface area contributed by atoms with E-state index in [9.17, 15) is 5.11 Å². The molecule has 0 amide bonds. The fourth-order valence-electron chi connectivity index (χ4n) is 2.55. The molecule has 14 heavy (non-hydrogen) atoms. The zero-order chi connectivity index (χ0) is 9.97. The number of likely N-dealkylation sites (N-methyl/N-ethyl adjacent to an activating group) is 1. The van der Waals surface area contributed by atoms with Crippen LogP contribution in [-0.4, -0.2) is 35.7 Å². The monoisotopic (exact) mass is 195 g/mol. The molecule has 80 valence electrons. The maximum Gasteiger partial charge on any atom is 0.0546 e. The zero-order valence-corrected chi connectivity index (χ0v) is 9.02. The van der Waals surface area contributed by atoms with Crippen LogP contribution in [0, 0.1) is 5.92 Å². The van der Waals surface area contributed by atoms with Gasteiger partial charge in [-0.1, -0.05) is 12.2 Å². The molecule has 2 aliphatic carbocycles. The lowest BCUT2D eigenvalue weighted by Crippen LogP contribution is -2.41. The Labute approximate surface area is 86.6 Å². The maximum atomic E-state index is 9.21. The molecule has 0 saturated heterocycles. The van der Waals surface area contributed by atoms with Gasteiger partial charge in [-0.05, 0) is 45.1 Å². The fourth-order valence-corrected chi connectivity index (χ4v) is 2.55. The van der Waals surface area contributed by atoms with Crippen LogP contribution in [0.5, 0.6) is 0 Å². The smallest absolute Gasteiger partial charge is 0.0546 e. The van der Waals surface area contributed by atoms with Crippen molar-refractivity contribution in [2.45, 2.75) is 44.2 Å². The van der Waals surface area contributed by atoms with Crippen LogP contribution in [0.3, 0.4) is 0 Å². The van der Waals surface area contributed by atoms with E-state index in [2.05, 4.69) is 24.1 Å². The molecular formula is C12H21NO. The summed E-state index contributed by atoms with van der Waals surface area (Å²) in [5.74, 6) is 0.741. The van der Waals surface area contributed by atoms with Crippen LogP contribution < -0.4 is 0 Å². The lowest BCUT2D eigenvalue weighted by atomic mass is 9.82. The first-order valence-corrected chi connectivity index (χ1v) is 5.80. The van der Waals surface area contributed by atoms with Gasteiger partial charge in [0.2, 0.25) is 0 Å². The highest BCUT2D eigenvalue weighted by molar-refractivity contribution is 4.98. The van der Waals surface area contributed by atoms with E-state index < -0.39 is 0 Å². The molecule has 2 nitrogen and oxygen atoms in total. The lowest BCUT2D eigenvalue weighted by Gasteiger charge is -2.37. The summed E-state index contributed by atoms with van der Waals surface area (Å²) in [6.45, 7) is 1.16. The number of aliphatic hydroxyl groups is 1. The number of rotatable bonds is 3. The lowest BCUT2D eigenvalue weighted by molar-refractivity contribution is 0.0241. The van der Waals surface area contributed by atoms with Crippen molar-refractivity contribution in [2.75, 3.05) is 13.6 Å². The second kappa shape index (κ2) is 4.45. The van der Waals surface area contributed by atoms with Crippen molar-refractivity contribution in [1.29, 1.82) is 0 Å². The van der Waals surface area contributed by atoms with Crippen molar-refractivity contribution in [3.05, 3.63) is 12.2 Å². The van der Waals surface area contributed by atoms with Gasteiger partial charge in [-0.2, -0.15) is 0 Å². The minimum absolute atomic E-state index is 0.00435. The van der Waals surface area contributed by atoms with Crippen LogP contribution in [0.4, 0.5) is 0 Å². The molecule has 0 radical (unpaired) electrons. The standard InChI is InChI=1S/C12H21NO/c1-13(9-10-7-12(14)8-10)11-5-3-2-4-6-11/h3,5,10-12,14H,2,4,6-9H2,1H3. The molecule has 1 atom stereocenters. The van der Waals surface area contributed by atoms with Crippen LogP contribution in [0.15, 0.2) is 12.2 Å². The summed E-state index contributed by atoms with van der Waals surface area (Å²) in [6.07, 6.45) is 10.6. The summed E-state index contributed by atoms with van der Waals surface area (Å²) >= 11 is 0. The summed E-state index contributed by atoms with van der Waals surface area (Å²) in [6, 6.07) is 0.654. The van der Waals surface area contributed by atoms with E-state index in [1.165, 1.54) is 19.3 Å². The third kappa shape index (κ3) is 2.37. The number of aliphatic hydroxyl groups excluding tert-OH is 1. The molecule has 2 heteroatoms.